The van der Waals surface area contributed by atoms with E-state index in [4.69, 9.17) is 14.5 Å². The second kappa shape index (κ2) is 12.0. The highest BCUT2D eigenvalue weighted by atomic mass is 32.1. The summed E-state index contributed by atoms with van der Waals surface area (Å²) in [6.07, 6.45) is 1.60. The second-order valence-electron chi connectivity index (χ2n) is 11.2. The number of amidine groups is 1. The van der Waals surface area contributed by atoms with Crippen molar-refractivity contribution in [3.8, 4) is 0 Å². The van der Waals surface area contributed by atoms with Crippen molar-refractivity contribution in [3.05, 3.63) is 63.0 Å². The van der Waals surface area contributed by atoms with Gasteiger partial charge in [-0.2, -0.15) is 0 Å². The number of nitrogens with one attached hydrogen (secondary N) is 1. The molecule has 2 saturated heterocycles. The lowest BCUT2D eigenvalue weighted by molar-refractivity contribution is -0.148. The van der Waals surface area contributed by atoms with E-state index in [2.05, 4.69) is 20.1 Å². The van der Waals surface area contributed by atoms with Crippen LogP contribution in [0.5, 0.6) is 0 Å². The number of carboxylic acid groups (broad SMARTS) is 1. The summed E-state index contributed by atoms with van der Waals surface area (Å²) >= 11 is 1.42. The highest BCUT2D eigenvalue weighted by Gasteiger charge is 2.44. The van der Waals surface area contributed by atoms with Gasteiger partial charge in [-0.25, -0.2) is 14.2 Å². The first kappa shape index (κ1) is 29.3. The van der Waals surface area contributed by atoms with Crippen LogP contribution in [0, 0.1) is 18.2 Å². The molecule has 41 heavy (non-hydrogen) atoms. The van der Waals surface area contributed by atoms with Crippen LogP contribution in [0.4, 0.5) is 4.39 Å². The molecule has 0 aliphatic carbocycles. The Morgan fingerprint density at radius 3 is 2.83 bits per heavy atom. The van der Waals surface area contributed by atoms with Crippen molar-refractivity contribution in [2.45, 2.75) is 45.9 Å². The Hall–Kier alpha value is -3.19. The fraction of sp³-hybridized carbons (Fsp3) is 0.517. The molecule has 10 nitrogen and oxygen atoms in total. The van der Waals surface area contributed by atoms with E-state index in [1.807, 2.05) is 5.38 Å². The molecule has 0 amide bonds. The van der Waals surface area contributed by atoms with Crippen molar-refractivity contribution in [1.82, 2.24) is 20.1 Å². The van der Waals surface area contributed by atoms with Gasteiger partial charge in [0.1, 0.15) is 11.9 Å². The maximum atomic E-state index is 14.7. The van der Waals surface area contributed by atoms with Gasteiger partial charge in [0.05, 0.1) is 36.3 Å². The average molecular weight is 586 g/mol. The van der Waals surface area contributed by atoms with Crippen LogP contribution in [0.15, 0.2) is 46.0 Å². The average Bonchev–Trinajstić information content (AvgIpc) is 3.60. The summed E-state index contributed by atoms with van der Waals surface area (Å²) in [6, 6.07) is 4.03. The van der Waals surface area contributed by atoms with Crippen molar-refractivity contribution in [1.29, 1.82) is 0 Å². The monoisotopic (exact) mass is 585 g/mol. The highest BCUT2D eigenvalue weighted by Crippen LogP contribution is 2.36. The lowest BCUT2D eigenvalue weighted by Crippen LogP contribution is -2.53. The predicted molar refractivity (Wildman–Crippen MR) is 152 cm³/mol. The number of aliphatic carboxylic acids is 1. The Bertz CT molecular complexity index is 1360. The molecule has 220 valence electrons. The number of rotatable bonds is 9. The minimum Gasteiger partial charge on any atom is -0.481 e. The third-order valence-electron chi connectivity index (χ3n) is 7.91. The molecule has 3 aliphatic rings. The number of carbonyl (C=O) groups excluding carboxylic acids is 1. The molecule has 0 unspecified atom stereocenters. The highest BCUT2D eigenvalue weighted by molar-refractivity contribution is 7.11. The SMILES string of the molecule is CCOC(=O)C1=C(CN2CCO[C@H]3CN(CC(C)(C)C(=O)O)C[C@H]32)NC(c2nccs2)=N[C@H]1c1cccc(F)c1C. The Morgan fingerprint density at radius 1 is 1.32 bits per heavy atom. The molecule has 0 radical (unpaired) electrons. The van der Waals surface area contributed by atoms with Gasteiger partial charge >= 0.3 is 11.9 Å². The number of aromatic nitrogens is 1. The van der Waals surface area contributed by atoms with Gasteiger partial charge in [0, 0.05) is 50.0 Å². The molecule has 1 aromatic carbocycles. The Balaban J connectivity index is 1.51. The number of halogens is 1. The van der Waals surface area contributed by atoms with Gasteiger partial charge in [0.2, 0.25) is 0 Å². The van der Waals surface area contributed by atoms with E-state index in [0.29, 0.717) is 72.6 Å². The molecule has 0 bridgehead atoms. The van der Waals surface area contributed by atoms with Crippen molar-refractivity contribution in [2.24, 2.45) is 10.4 Å². The number of likely N-dealkylation sites (tertiary alicyclic amines) is 1. The van der Waals surface area contributed by atoms with E-state index >= 15 is 0 Å². The molecule has 4 heterocycles. The van der Waals surface area contributed by atoms with E-state index in [0.717, 1.165) is 0 Å². The maximum absolute atomic E-state index is 14.7. The van der Waals surface area contributed by atoms with Gasteiger partial charge in [0.15, 0.2) is 10.8 Å². The van der Waals surface area contributed by atoms with Crippen molar-refractivity contribution < 1.29 is 28.6 Å². The summed E-state index contributed by atoms with van der Waals surface area (Å²) in [6.45, 7) is 10.3. The number of morpholine rings is 1. The molecule has 0 saturated carbocycles. The fourth-order valence-electron chi connectivity index (χ4n) is 5.75. The standard InChI is InChI=1S/C29H36FN5O5S/c1-5-39-27(36)23-20(13-35-10-11-40-22-15-34(14-21(22)35)16-29(3,4)28(37)38)32-25(26-31-9-12-41-26)33-24(23)18-7-6-8-19(30)17(18)2/h6-9,12,21-22,24H,5,10-11,13-16H2,1-4H3,(H,32,33)(H,37,38)/t21-,22+,24+/m1/s1. The Morgan fingerprint density at radius 2 is 2.12 bits per heavy atom. The largest absolute Gasteiger partial charge is 0.481 e. The van der Waals surface area contributed by atoms with Gasteiger partial charge < -0.3 is 19.9 Å². The maximum Gasteiger partial charge on any atom is 0.338 e. The van der Waals surface area contributed by atoms with Crippen LogP contribution in [0.2, 0.25) is 0 Å². The van der Waals surface area contributed by atoms with Crippen LogP contribution < -0.4 is 5.32 Å². The van der Waals surface area contributed by atoms with Crippen LogP contribution in [-0.2, 0) is 19.1 Å². The van der Waals surface area contributed by atoms with E-state index in [9.17, 15) is 19.1 Å². The lowest BCUT2D eigenvalue weighted by atomic mass is 9.92. The minimum atomic E-state index is -0.891. The summed E-state index contributed by atoms with van der Waals surface area (Å²) in [7, 11) is 0. The van der Waals surface area contributed by atoms with Crippen molar-refractivity contribution >= 4 is 29.1 Å². The summed E-state index contributed by atoms with van der Waals surface area (Å²) in [5.41, 5.74) is 1.08. The number of benzene rings is 1. The third kappa shape index (κ3) is 6.06. The molecular weight excluding hydrogens is 549 g/mol. The number of hydrogen-bond donors (Lipinski definition) is 2. The summed E-state index contributed by atoms with van der Waals surface area (Å²) in [5.74, 6) is -1.21. The van der Waals surface area contributed by atoms with Crippen molar-refractivity contribution in [2.75, 3.05) is 45.9 Å². The molecule has 0 spiro atoms. The zero-order chi connectivity index (χ0) is 29.3. The zero-order valence-electron chi connectivity index (χ0n) is 23.7. The van der Waals surface area contributed by atoms with Gasteiger partial charge in [-0.05, 0) is 44.9 Å². The molecular formula is C29H36FN5O5S. The second-order valence-corrected chi connectivity index (χ2v) is 12.1. The zero-order valence-corrected chi connectivity index (χ0v) is 24.5. The number of ether oxygens (including phenoxy) is 2. The molecule has 12 heteroatoms. The molecule has 5 rings (SSSR count). The van der Waals surface area contributed by atoms with Crippen LogP contribution in [0.25, 0.3) is 0 Å². The lowest BCUT2D eigenvalue weighted by Gasteiger charge is -2.39. The van der Waals surface area contributed by atoms with E-state index in [-0.39, 0.29) is 24.6 Å². The predicted octanol–water partition coefficient (Wildman–Crippen LogP) is 2.99. The van der Waals surface area contributed by atoms with E-state index in [1.165, 1.54) is 17.4 Å². The number of thiazole rings is 1. The molecule has 3 atom stereocenters. The summed E-state index contributed by atoms with van der Waals surface area (Å²) in [5, 5.41) is 15.5. The van der Waals surface area contributed by atoms with E-state index in [1.54, 1.807) is 46.0 Å². The minimum absolute atomic E-state index is 0.00243. The first-order valence-electron chi connectivity index (χ1n) is 13.8. The number of hydrogen-bond acceptors (Lipinski definition) is 10. The number of aliphatic imine (C=N–C) groups is 1. The summed E-state index contributed by atoms with van der Waals surface area (Å²) in [4.78, 5) is 39.0. The molecule has 2 fully saturated rings. The molecule has 2 N–H and O–H groups in total. The molecule has 1 aromatic heterocycles. The number of carbonyl (C=O) groups is 2. The van der Waals surface area contributed by atoms with Crippen LogP contribution in [0.3, 0.4) is 0 Å². The van der Waals surface area contributed by atoms with Gasteiger partial charge in [-0.1, -0.05) is 12.1 Å². The van der Waals surface area contributed by atoms with Crippen LogP contribution in [-0.4, -0.2) is 95.7 Å². The van der Waals surface area contributed by atoms with Crippen LogP contribution >= 0.6 is 11.3 Å². The molecule has 2 aromatic rings. The van der Waals surface area contributed by atoms with Gasteiger partial charge in [0.25, 0.3) is 0 Å². The van der Waals surface area contributed by atoms with Gasteiger partial charge in [-0.15, -0.1) is 11.3 Å². The van der Waals surface area contributed by atoms with E-state index < -0.39 is 23.4 Å². The number of esters is 1. The third-order valence-corrected chi connectivity index (χ3v) is 8.69. The Kier molecular flexibility index (Phi) is 8.55. The van der Waals surface area contributed by atoms with Gasteiger partial charge in [-0.3, -0.25) is 19.6 Å². The first-order valence-corrected chi connectivity index (χ1v) is 14.7. The quantitative estimate of drug-likeness (QED) is 0.429. The van der Waals surface area contributed by atoms with Crippen LogP contribution in [0.1, 0.15) is 42.9 Å². The molecule has 3 aliphatic heterocycles. The smallest absolute Gasteiger partial charge is 0.338 e. The number of carboxylic acids is 1. The first-order chi connectivity index (χ1) is 19.6. The number of fused-ring (bicyclic) bond motifs is 1. The van der Waals surface area contributed by atoms with Crippen molar-refractivity contribution in [3.63, 3.8) is 0 Å². The normalized spacial score (nSPS) is 23.6. The topological polar surface area (TPSA) is 117 Å². The Labute approximate surface area is 242 Å². The summed E-state index contributed by atoms with van der Waals surface area (Å²) < 4.78 is 26.3. The number of nitrogens with zero attached hydrogens (tertiary/aromatic N) is 4. The fourth-order valence-corrected chi connectivity index (χ4v) is 6.34.